The summed E-state index contributed by atoms with van der Waals surface area (Å²) in [7, 11) is 0. The topological polar surface area (TPSA) is 69.5 Å². The number of nitrogens with zero attached hydrogens (tertiary/aromatic N) is 3. The molecule has 0 unspecified atom stereocenters. The smallest absolute Gasteiger partial charge is 0.396 e. The first-order valence-corrected chi connectivity index (χ1v) is 6.32. The summed E-state index contributed by atoms with van der Waals surface area (Å²) >= 11 is 0. The van der Waals surface area contributed by atoms with E-state index in [4.69, 9.17) is 10.2 Å². The third-order valence-corrected chi connectivity index (χ3v) is 3.58. The van der Waals surface area contributed by atoms with Crippen molar-refractivity contribution >= 4 is 5.95 Å². The van der Waals surface area contributed by atoms with Gasteiger partial charge in [0.15, 0.2) is 0 Å². The molecule has 20 heavy (non-hydrogen) atoms. The molecule has 0 aliphatic carbocycles. The maximum absolute atomic E-state index is 12.6. The van der Waals surface area contributed by atoms with Crippen LogP contribution in [-0.4, -0.2) is 46.5 Å². The van der Waals surface area contributed by atoms with Crippen LogP contribution in [0.3, 0.4) is 0 Å². The van der Waals surface area contributed by atoms with Crippen LogP contribution in [0.4, 0.5) is 19.1 Å². The van der Waals surface area contributed by atoms with Gasteiger partial charge in [0, 0.05) is 38.4 Å². The van der Waals surface area contributed by atoms with Gasteiger partial charge >= 0.3 is 6.18 Å². The molecule has 1 fully saturated rings. The van der Waals surface area contributed by atoms with E-state index >= 15 is 0 Å². The van der Waals surface area contributed by atoms with Gasteiger partial charge in [0.1, 0.15) is 5.69 Å². The van der Waals surface area contributed by atoms with Crippen molar-refractivity contribution in [2.24, 2.45) is 11.8 Å². The number of aliphatic hydroxyl groups excluding tert-OH is 2. The summed E-state index contributed by atoms with van der Waals surface area (Å²) in [6.07, 6.45) is -2.71. The number of aromatic nitrogens is 2. The zero-order chi connectivity index (χ0) is 14.8. The predicted molar refractivity (Wildman–Crippen MR) is 65.0 cm³/mol. The van der Waals surface area contributed by atoms with Crippen LogP contribution >= 0.6 is 0 Å². The van der Waals surface area contributed by atoms with E-state index in [1.807, 2.05) is 0 Å². The molecule has 2 N–H and O–H groups in total. The second-order valence-corrected chi connectivity index (χ2v) is 4.86. The van der Waals surface area contributed by atoms with Crippen LogP contribution in [0, 0.1) is 11.8 Å². The highest BCUT2D eigenvalue weighted by atomic mass is 19.4. The van der Waals surface area contributed by atoms with Crippen LogP contribution < -0.4 is 4.90 Å². The summed E-state index contributed by atoms with van der Waals surface area (Å²) in [5, 5.41) is 18.3. The first kappa shape index (κ1) is 15.0. The van der Waals surface area contributed by atoms with Crippen molar-refractivity contribution in [1.82, 2.24) is 9.97 Å². The van der Waals surface area contributed by atoms with E-state index in [1.54, 1.807) is 4.90 Å². The minimum Gasteiger partial charge on any atom is -0.396 e. The van der Waals surface area contributed by atoms with Gasteiger partial charge in [-0.1, -0.05) is 0 Å². The Balaban J connectivity index is 2.10. The number of alkyl halides is 3. The highest BCUT2D eigenvalue weighted by Crippen LogP contribution is 2.30. The standard InChI is InChI=1S/C12H16F3N3O2/c13-12(14,15)10-1-3-16-11(17-10)18-4-2-8(5-18)9(6-19)7-20/h1,3,8-9,19-20H,2,4-7H2/t8-/m0/s1. The highest BCUT2D eigenvalue weighted by molar-refractivity contribution is 5.32. The van der Waals surface area contributed by atoms with Crippen LogP contribution in [0.2, 0.25) is 0 Å². The van der Waals surface area contributed by atoms with Crippen LogP contribution in [0.15, 0.2) is 12.3 Å². The molecule has 1 saturated heterocycles. The second-order valence-electron chi connectivity index (χ2n) is 4.86. The SMILES string of the molecule is OCC(CO)[C@H]1CCN(c2nccc(C(F)(F)F)n2)C1. The molecule has 1 atom stereocenters. The Morgan fingerprint density at radius 1 is 1.35 bits per heavy atom. The van der Waals surface area contributed by atoms with Crippen molar-refractivity contribution < 1.29 is 23.4 Å². The van der Waals surface area contributed by atoms with E-state index in [-0.39, 0.29) is 31.0 Å². The molecule has 0 amide bonds. The largest absolute Gasteiger partial charge is 0.433 e. The van der Waals surface area contributed by atoms with Gasteiger partial charge in [0.25, 0.3) is 0 Å². The van der Waals surface area contributed by atoms with Gasteiger partial charge in [-0.3, -0.25) is 0 Å². The lowest BCUT2D eigenvalue weighted by Gasteiger charge is -2.20. The van der Waals surface area contributed by atoms with Crippen LogP contribution in [0.25, 0.3) is 0 Å². The maximum Gasteiger partial charge on any atom is 0.433 e. The van der Waals surface area contributed by atoms with Gasteiger partial charge < -0.3 is 15.1 Å². The molecule has 112 valence electrons. The fourth-order valence-electron chi connectivity index (χ4n) is 2.37. The number of hydrogen-bond acceptors (Lipinski definition) is 5. The molecule has 0 radical (unpaired) electrons. The number of anilines is 1. The Bertz CT molecular complexity index is 452. The quantitative estimate of drug-likeness (QED) is 0.863. The Morgan fingerprint density at radius 2 is 2.05 bits per heavy atom. The van der Waals surface area contributed by atoms with Gasteiger partial charge in [-0.2, -0.15) is 13.2 Å². The summed E-state index contributed by atoms with van der Waals surface area (Å²) in [5.74, 6) is -0.189. The molecule has 1 aromatic heterocycles. The molecular weight excluding hydrogens is 275 g/mol. The molecule has 1 aliphatic heterocycles. The third-order valence-electron chi connectivity index (χ3n) is 3.58. The number of aliphatic hydroxyl groups is 2. The predicted octanol–water partition coefficient (Wildman–Crippen LogP) is 0.922. The van der Waals surface area contributed by atoms with Gasteiger partial charge in [-0.15, -0.1) is 0 Å². The first-order chi connectivity index (χ1) is 9.45. The molecule has 0 aromatic carbocycles. The lowest BCUT2D eigenvalue weighted by atomic mass is 9.93. The molecule has 2 rings (SSSR count). The van der Waals surface area contributed by atoms with Crippen molar-refractivity contribution in [3.63, 3.8) is 0 Å². The van der Waals surface area contributed by atoms with E-state index < -0.39 is 11.9 Å². The zero-order valence-electron chi connectivity index (χ0n) is 10.7. The van der Waals surface area contributed by atoms with Gasteiger partial charge in [-0.05, 0) is 18.4 Å². The average Bonchev–Trinajstić information content (AvgIpc) is 2.89. The van der Waals surface area contributed by atoms with E-state index in [1.165, 1.54) is 0 Å². The Morgan fingerprint density at radius 3 is 2.65 bits per heavy atom. The fourth-order valence-corrected chi connectivity index (χ4v) is 2.37. The Labute approximate surface area is 114 Å². The highest BCUT2D eigenvalue weighted by Gasteiger charge is 2.35. The molecule has 0 saturated carbocycles. The maximum atomic E-state index is 12.6. The van der Waals surface area contributed by atoms with Gasteiger partial charge in [0.05, 0.1) is 0 Å². The van der Waals surface area contributed by atoms with E-state index in [0.717, 1.165) is 12.3 Å². The lowest BCUT2D eigenvalue weighted by Crippen LogP contribution is -2.28. The van der Waals surface area contributed by atoms with Gasteiger partial charge in [-0.25, -0.2) is 9.97 Å². The van der Waals surface area contributed by atoms with E-state index in [2.05, 4.69) is 9.97 Å². The average molecular weight is 291 g/mol. The molecule has 1 aromatic rings. The summed E-state index contributed by atoms with van der Waals surface area (Å²) in [5.41, 5.74) is -0.966. The number of hydrogen-bond donors (Lipinski definition) is 2. The summed E-state index contributed by atoms with van der Waals surface area (Å²) in [6.45, 7) is 0.673. The van der Waals surface area contributed by atoms with Crippen molar-refractivity contribution in [3.05, 3.63) is 18.0 Å². The zero-order valence-corrected chi connectivity index (χ0v) is 10.7. The van der Waals surface area contributed by atoms with Crippen molar-refractivity contribution in [2.45, 2.75) is 12.6 Å². The van der Waals surface area contributed by atoms with Gasteiger partial charge in [0.2, 0.25) is 5.95 Å². The molecule has 2 heterocycles. The Kier molecular flexibility index (Phi) is 4.44. The normalized spacial score (nSPS) is 19.9. The monoisotopic (exact) mass is 291 g/mol. The molecule has 0 spiro atoms. The lowest BCUT2D eigenvalue weighted by molar-refractivity contribution is -0.141. The molecule has 8 heteroatoms. The van der Waals surface area contributed by atoms with Crippen LogP contribution in [-0.2, 0) is 6.18 Å². The minimum atomic E-state index is -4.49. The van der Waals surface area contributed by atoms with E-state index in [0.29, 0.717) is 19.5 Å². The molecule has 0 bridgehead atoms. The third kappa shape index (κ3) is 3.18. The Hall–Kier alpha value is -1.41. The first-order valence-electron chi connectivity index (χ1n) is 6.32. The van der Waals surface area contributed by atoms with Crippen molar-refractivity contribution in [2.75, 3.05) is 31.2 Å². The summed E-state index contributed by atoms with van der Waals surface area (Å²) in [4.78, 5) is 9.06. The summed E-state index contributed by atoms with van der Waals surface area (Å²) < 4.78 is 37.8. The van der Waals surface area contributed by atoms with E-state index in [9.17, 15) is 13.2 Å². The van der Waals surface area contributed by atoms with Crippen LogP contribution in [0.5, 0.6) is 0 Å². The summed E-state index contributed by atoms with van der Waals surface area (Å²) in [6, 6.07) is 0.835. The number of halogens is 3. The fraction of sp³-hybridized carbons (Fsp3) is 0.667. The molecule has 5 nitrogen and oxygen atoms in total. The second kappa shape index (κ2) is 5.92. The number of rotatable bonds is 4. The molecule has 1 aliphatic rings. The van der Waals surface area contributed by atoms with Crippen molar-refractivity contribution in [1.29, 1.82) is 0 Å². The minimum absolute atomic E-state index is 0.0307. The van der Waals surface area contributed by atoms with Crippen molar-refractivity contribution in [3.8, 4) is 0 Å². The van der Waals surface area contributed by atoms with Crippen LogP contribution in [0.1, 0.15) is 12.1 Å². The molecular formula is C12H16F3N3O2.